The van der Waals surface area contributed by atoms with Crippen LogP contribution in [0.4, 0.5) is 5.95 Å². The van der Waals surface area contributed by atoms with E-state index >= 15 is 0 Å². The number of allylic oxidation sites excluding steroid dienone is 2. The molecule has 1 aromatic heterocycles. The minimum Gasteiger partial charge on any atom is -0.486 e. The molecule has 2 aromatic carbocycles. The van der Waals surface area contributed by atoms with E-state index in [2.05, 4.69) is 0 Å². The summed E-state index contributed by atoms with van der Waals surface area (Å²) in [5.74, 6) is 1.49. The van der Waals surface area contributed by atoms with Crippen molar-refractivity contribution in [3.63, 3.8) is 0 Å². The molecule has 0 radical (unpaired) electrons. The summed E-state index contributed by atoms with van der Waals surface area (Å²) in [6.45, 7) is 0.817. The maximum Gasteiger partial charge on any atom is 0.258 e. The molecule has 9 heteroatoms. The van der Waals surface area contributed by atoms with Gasteiger partial charge in [-0.15, -0.1) is 5.10 Å². The first kappa shape index (κ1) is 19.4. The summed E-state index contributed by atoms with van der Waals surface area (Å²) in [5, 5.41) is 4.72. The van der Waals surface area contributed by atoms with E-state index in [0.717, 1.165) is 5.69 Å². The van der Waals surface area contributed by atoms with Crippen molar-refractivity contribution in [2.24, 2.45) is 0 Å². The van der Waals surface area contributed by atoms with Gasteiger partial charge < -0.3 is 14.2 Å². The van der Waals surface area contributed by atoms with E-state index in [4.69, 9.17) is 24.3 Å². The Morgan fingerprint density at radius 3 is 2.45 bits per heavy atom. The lowest BCUT2D eigenvalue weighted by Gasteiger charge is -2.31. The second kappa shape index (κ2) is 7.42. The van der Waals surface area contributed by atoms with E-state index in [1.165, 1.54) is 17.1 Å². The predicted molar refractivity (Wildman–Crippen MR) is 117 cm³/mol. The number of anilines is 1. The third-order valence-electron chi connectivity index (χ3n) is 5.59. The SMILES string of the molecule is O=C1C=CC2(C=C1)OCC(=O)N2c1nc(-c2ccc3c(c2)OCCO3)nn1-c1ccccc1. The summed E-state index contributed by atoms with van der Waals surface area (Å²) >= 11 is 0. The minimum atomic E-state index is -1.24. The summed E-state index contributed by atoms with van der Waals surface area (Å²) < 4.78 is 18.7. The molecule has 2 aliphatic heterocycles. The van der Waals surface area contributed by atoms with Crippen molar-refractivity contribution in [2.45, 2.75) is 5.72 Å². The summed E-state index contributed by atoms with van der Waals surface area (Å²) in [5.41, 5.74) is 0.189. The molecule has 1 fully saturated rings. The van der Waals surface area contributed by atoms with Crippen LogP contribution in [0.1, 0.15) is 0 Å². The maximum atomic E-state index is 13.0. The molecule has 0 saturated carbocycles. The van der Waals surface area contributed by atoms with Crippen molar-refractivity contribution in [1.82, 2.24) is 14.8 Å². The van der Waals surface area contributed by atoms with Gasteiger partial charge in [0.2, 0.25) is 5.95 Å². The molecule has 3 aliphatic rings. The summed E-state index contributed by atoms with van der Waals surface area (Å²) in [4.78, 5) is 30.9. The second-order valence-electron chi connectivity index (χ2n) is 7.68. The Hall–Kier alpha value is -4.24. The van der Waals surface area contributed by atoms with E-state index in [0.29, 0.717) is 36.1 Å². The normalized spacial score (nSPS) is 18.4. The summed E-state index contributed by atoms with van der Waals surface area (Å²) in [7, 11) is 0. The molecule has 1 amide bonds. The van der Waals surface area contributed by atoms with Gasteiger partial charge in [0.1, 0.15) is 19.8 Å². The molecule has 1 spiro atoms. The lowest BCUT2D eigenvalue weighted by molar-refractivity contribution is -0.117. The van der Waals surface area contributed by atoms with Gasteiger partial charge in [0, 0.05) is 5.56 Å². The van der Waals surface area contributed by atoms with Crippen molar-refractivity contribution in [3.05, 3.63) is 72.8 Å². The molecular formula is C24H18N4O5. The molecule has 9 nitrogen and oxygen atoms in total. The predicted octanol–water partition coefficient (Wildman–Crippen LogP) is 2.46. The van der Waals surface area contributed by atoms with Crippen molar-refractivity contribution >= 4 is 17.6 Å². The molecule has 0 atom stereocenters. The minimum absolute atomic E-state index is 0.149. The van der Waals surface area contributed by atoms with E-state index in [-0.39, 0.29) is 24.2 Å². The first-order valence-corrected chi connectivity index (χ1v) is 10.4. The number of hydrogen-bond acceptors (Lipinski definition) is 7. The van der Waals surface area contributed by atoms with Gasteiger partial charge in [-0.25, -0.2) is 4.90 Å². The summed E-state index contributed by atoms with van der Waals surface area (Å²) in [6, 6.07) is 14.9. The quantitative estimate of drug-likeness (QED) is 0.615. The number of aromatic nitrogens is 3. The third-order valence-corrected chi connectivity index (χ3v) is 5.59. The highest BCUT2D eigenvalue weighted by Gasteiger charge is 2.48. The molecule has 3 heterocycles. The van der Waals surface area contributed by atoms with E-state index in [1.54, 1.807) is 16.8 Å². The number of rotatable bonds is 3. The second-order valence-corrected chi connectivity index (χ2v) is 7.68. The van der Waals surface area contributed by atoms with Crippen LogP contribution in [0.2, 0.25) is 0 Å². The zero-order valence-electron chi connectivity index (χ0n) is 17.4. The molecule has 0 bridgehead atoms. The van der Waals surface area contributed by atoms with Crippen LogP contribution in [0.5, 0.6) is 11.5 Å². The lowest BCUT2D eigenvalue weighted by atomic mass is 10.1. The number of fused-ring (bicyclic) bond motifs is 1. The number of para-hydroxylation sites is 1. The van der Waals surface area contributed by atoms with Crippen molar-refractivity contribution in [2.75, 3.05) is 24.7 Å². The number of carbonyl (C=O) groups excluding carboxylic acids is 2. The van der Waals surface area contributed by atoms with Crippen molar-refractivity contribution in [3.8, 4) is 28.6 Å². The fourth-order valence-electron chi connectivity index (χ4n) is 4.02. The van der Waals surface area contributed by atoms with Crippen LogP contribution in [0.3, 0.4) is 0 Å². The number of benzene rings is 2. The van der Waals surface area contributed by atoms with Crippen LogP contribution < -0.4 is 14.4 Å². The molecule has 1 saturated heterocycles. The molecule has 33 heavy (non-hydrogen) atoms. The standard InChI is InChI=1S/C24H18N4O5/c29-18-8-10-24(11-9-18)27(21(30)15-33-24)23-25-22(26-28(23)17-4-2-1-3-5-17)16-6-7-19-20(14-16)32-13-12-31-19/h1-11,14H,12-13,15H2. The largest absolute Gasteiger partial charge is 0.486 e. The average molecular weight is 442 g/mol. The fraction of sp³-hybridized carbons (Fsp3) is 0.167. The zero-order chi connectivity index (χ0) is 22.4. The first-order chi connectivity index (χ1) is 16.1. The van der Waals surface area contributed by atoms with Gasteiger partial charge in [0.15, 0.2) is 28.8 Å². The number of nitrogens with zero attached hydrogens (tertiary/aromatic N) is 4. The fourth-order valence-corrected chi connectivity index (χ4v) is 4.02. The number of ketones is 1. The monoisotopic (exact) mass is 442 g/mol. The Kier molecular flexibility index (Phi) is 4.37. The van der Waals surface area contributed by atoms with Crippen LogP contribution >= 0.6 is 0 Å². The van der Waals surface area contributed by atoms with Gasteiger partial charge in [-0.2, -0.15) is 9.67 Å². The van der Waals surface area contributed by atoms with Crippen LogP contribution in [0, 0.1) is 0 Å². The Morgan fingerprint density at radius 2 is 1.67 bits per heavy atom. The molecular weight excluding hydrogens is 424 g/mol. The van der Waals surface area contributed by atoms with Crippen LogP contribution in [-0.4, -0.2) is 52.0 Å². The average Bonchev–Trinajstić information content (AvgIpc) is 3.42. The van der Waals surface area contributed by atoms with E-state index in [1.807, 2.05) is 48.5 Å². The topological polar surface area (TPSA) is 95.8 Å². The molecule has 0 unspecified atom stereocenters. The van der Waals surface area contributed by atoms with Gasteiger partial charge in [-0.1, -0.05) is 18.2 Å². The molecule has 0 N–H and O–H groups in total. The van der Waals surface area contributed by atoms with Crippen LogP contribution in [0.25, 0.3) is 17.1 Å². The number of amides is 1. The Bertz CT molecular complexity index is 1310. The van der Waals surface area contributed by atoms with Crippen LogP contribution in [-0.2, 0) is 14.3 Å². The van der Waals surface area contributed by atoms with Gasteiger partial charge in [-0.3, -0.25) is 9.59 Å². The molecule has 164 valence electrons. The summed E-state index contributed by atoms with van der Waals surface area (Å²) in [6.07, 6.45) is 5.90. The first-order valence-electron chi connectivity index (χ1n) is 10.4. The number of carbonyl (C=O) groups is 2. The van der Waals surface area contributed by atoms with Gasteiger partial charge in [0.25, 0.3) is 5.91 Å². The Morgan fingerprint density at radius 1 is 0.909 bits per heavy atom. The highest BCUT2D eigenvalue weighted by Crippen LogP contribution is 2.38. The van der Waals surface area contributed by atoms with Crippen LogP contribution in [0.15, 0.2) is 72.8 Å². The van der Waals surface area contributed by atoms with E-state index in [9.17, 15) is 9.59 Å². The highest BCUT2D eigenvalue weighted by molar-refractivity contribution is 6.03. The zero-order valence-corrected chi connectivity index (χ0v) is 17.4. The Balaban J connectivity index is 1.51. The third kappa shape index (κ3) is 3.21. The smallest absolute Gasteiger partial charge is 0.258 e. The van der Waals surface area contributed by atoms with Crippen molar-refractivity contribution < 1.29 is 23.8 Å². The lowest BCUT2D eigenvalue weighted by Crippen LogP contribution is -2.46. The molecule has 3 aromatic rings. The van der Waals surface area contributed by atoms with Gasteiger partial charge >= 0.3 is 0 Å². The highest BCUT2D eigenvalue weighted by atomic mass is 16.6. The molecule has 1 aliphatic carbocycles. The molecule has 6 rings (SSSR count). The van der Waals surface area contributed by atoms with E-state index < -0.39 is 5.72 Å². The maximum absolute atomic E-state index is 13.0. The number of hydrogen-bond donors (Lipinski definition) is 0. The van der Waals surface area contributed by atoms with Gasteiger partial charge in [-0.05, 0) is 54.6 Å². The van der Waals surface area contributed by atoms with Crippen molar-refractivity contribution in [1.29, 1.82) is 0 Å². The number of ether oxygens (including phenoxy) is 3. The van der Waals surface area contributed by atoms with Gasteiger partial charge in [0.05, 0.1) is 5.69 Å². The Labute approximate surface area is 188 Å².